The van der Waals surface area contributed by atoms with Crippen molar-refractivity contribution in [1.29, 1.82) is 0 Å². The summed E-state index contributed by atoms with van der Waals surface area (Å²) in [6.45, 7) is 17.3. The molecule has 2 fully saturated rings. The molecule has 2 aliphatic rings. The third-order valence-corrected chi connectivity index (χ3v) is 8.45. The smallest absolute Gasteiger partial charge is 0.309 e. The molecule has 8 heteroatoms. The second-order valence-corrected chi connectivity index (χ2v) is 14.2. The molecule has 0 aromatic carbocycles. The van der Waals surface area contributed by atoms with Gasteiger partial charge in [-0.05, 0) is 74.7 Å². The van der Waals surface area contributed by atoms with Gasteiger partial charge in [0.05, 0.1) is 5.92 Å². The molecule has 2 rings (SSSR count). The number of esters is 2. The van der Waals surface area contributed by atoms with E-state index in [-0.39, 0.29) is 30.1 Å². The Morgan fingerprint density at radius 1 is 0.711 bits per heavy atom. The molecular weight excluding hydrogens is 484 g/mol. The van der Waals surface area contributed by atoms with E-state index in [0.29, 0.717) is 32.1 Å². The molecule has 2 aliphatic heterocycles. The predicted molar refractivity (Wildman–Crippen MR) is 151 cm³/mol. The average molecular weight is 539 g/mol. The molecule has 0 aromatic rings. The van der Waals surface area contributed by atoms with Gasteiger partial charge in [-0.2, -0.15) is 0 Å². The Labute approximate surface area is 231 Å². The van der Waals surface area contributed by atoms with Crippen molar-refractivity contribution < 1.29 is 19.1 Å². The molecule has 1 atom stereocenters. The fourth-order valence-corrected chi connectivity index (χ4v) is 6.69. The van der Waals surface area contributed by atoms with Crippen molar-refractivity contribution in [2.45, 2.75) is 174 Å². The van der Waals surface area contributed by atoms with E-state index < -0.39 is 22.2 Å². The minimum atomic E-state index is -0.553. The number of hydrogen-bond acceptors (Lipinski definition) is 8. The summed E-state index contributed by atoms with van der Waals surface area (Å²) in [5.41, 5.74) is -2.20. The van der Waals surface area contributed by atoms with Crippen LogP contribution in [0.15, 0.2) is 0 Å². The van der Waals surface area contributed by atoms with Crippen LogP contribution >= 0.6 is 0 Å². The van der Waals surface area contributed by atoms with Gasteiger partial charge >= 0.3 is 11.9 Å². The van der Waals surface area contributed by atoms with Crippen LogP contribution in [0.1, 0.15) is 139 Å². The highest BCUT2D eigenvalue weighted by Gasteiger charge is 2.43. The van der Waals surface area contributed by atoms with Crippen LogP contribution in [0.2, 0.25) is 0 Å². The van der Waals surface area contributed by atoms with E-state index in [9.17, 15) is 20.0 Å². The van der Waals surface area contributed by atoms with E-state index in [0.717, 1.165) is 55.1 Å². The third kappa shape index (κ3) is 8.90. The number of carbonyl (C=O) groups is 2. The molecule has 38 heavy (non-hydrogen) atoms. The maximum absolute atomic E-state index is 12.9. The van der Waals surface area contributed by atoms with Gasteiger partial charge in [-0.25, -0.2) is 0 Å². The molecular formula is C30H54N2O6-2. The van der Waals surface area contributed by atoms with Crippen molar-refractivity contribution >= 4 is 11.9 Å². The van der Waals surface area contributed by atoms with E-state index in [1.165, 1.54) is 0 Å². The van der Waals surface area contributed by atoms with Crippen LogP contribution in [0.4, 0.5) is 0 Å². The van der Waals surface area contributed by atoms with Crippen LogP contribution < -0.4 is 0 Å². The zero-order valence-corrected chi connectivity index (χ0v) is 25.6. The number of carbonyl (C=O) groups excluding carboxylic acids is 2. The lowest BCUT2D eigenvalue weighted by Gasteiger charge is -2.59. The van der Waals surface area contributed by atoms with E-state index in [4.69, 9.17) is 9.47 Å². The van der Waals surface area contributed by atoms with Crippen molar-refractivity contribution in [1.82, 2.24) is 10.1 Å². The van der Waals surface area contributed by atoms with E-state index in [1.54, 1.807) is 0 Å². The Hall–Kier alpha value is -1.22. The normalized spacial score (nSPS) is 24.6. The molecule has 0 saturated carbocycles. The van der Waals surface area contributed by atoms with E-state index in [1.807, 2.05) is 62.3 Å². The lowest BCUT2D eigenvalue weighted by atomic mass is 9.80. The highest BCUT2D eigenvalue weighted by Crippen LogP contribution is 2.40. The predicted octanol–water partition coefficient (Wildman–Crippen LogP) is 6.87. The average Bonchev–Trinajstić information content (AvgIpc) is 2.76. The van der Waals surface area contributed by atoms with Gasteiger partial charge in [0.25, 0.3) is 0 Å². The van der Waals surface area contributed by atoms with Crippen LogP contribution in [-0.2, 0) is 19.1 Å². The van der Waals surface area contributed by atoms with Crippen LogP contribution in [0.25, 0.3) is 0 Å². The largest absolute Gasteiger partial charge is 0.784 e. The third-order valence-electron chi connectivity index (χ3n) is 8.45. The second kappa shape index (κ2) is 13.0. The fraction of sp³-hybridized carbons (Fsp3) is 0.933. The number of unbranched alkanes of at least 4 members (excludes halogenated alkanes) is 4. The number of piperidine rings is 2. The minimum absolute atomic E-state index is 0.115. The molecule has 0 spiro atoms. The summed E-state index contributed by atoms with van der Waals surface area (Å²) < 4.78 is 11.6. The monoisotopic (exact) mass is 538 g/mol. The Balaban J connectivity index is 1.64. The van der Waals surface area contributed by atoms with E-state index >= 15 is 0 Å². The summed E-state index contributed by atoms with van der Waals surface area (Å²) in [6, 6.07) is 0. The Morgan fingerprint density at radius 3 is 1.55 bits per heavy atom. The molecule has 0 N–H and O–H groups in total. The van der Waals surface area contributed by atoms with Gasteiger partial charge in [0.15, 0.2) is 0 Å². The minimum Gasteiger partial charge on any atom is -0.784 e. The first-order valence-electron chi connectivity index (χ1n) is 14.8. The molecule has 2 saturated heterocycles. The number of nitrogens with zero attached hydrogens (tertiary/aromatic N) is 2. The molecule has 8 nitrogen and oxygen atoms in total. The molecule has 0 bridgehead atoms. The molecule has 2 heterocycles. The van der Waals surface area contributed by atoms with Crippen LogP contribution in [0.5, 0.6) is 0 Å². The zero-order valence-electron chi connectivity index (χ0n) is 25.6. The first-order valence-corrected chi connectivity index (χ1v) is 14.8. The molecule has 1 unspecified atom stereocenters. The quantitative estimate of drug-likeness (QED) is 0.196. The molecule has 0 amide bonds. The van der Waals surface area contributed by atoms with Crippen molar-refractivity contribution in [2.24, 2.45) is 5.92 Å². The highest BCUT2D eigenvalue weighted by molar-refractivity contribution is 5.72. The highest BCUT2D eigenvalue weighted by atomic mass is 16.6. The van der Waals surface area contributed by atoms with Crippen LogP contribution in [0, 0.1) is 16.3 Å². The SMILES string of the molecule is CCC(CCCCCCCC(=O)OC1CC(C)(C)N([O-])C(C)(C)C1)C(=O)OC1CC(C)(C)N([O-])C(C)(C)C1. The summed E-state index contributed by atoms with van der Waals surface area (Å²) in [5, 5.41) is 27.3. The maximum atomic E-state index is 12.9. The molecule has 0 aromatic heterocycles. The summed E-state index contributed by atoms with van der Waals surface area (Å²) in [4.78, 5) is 25.2. The second-order valence-electron chi connectivity index (χ2n) is 14.2. The lowest BCUT2D eigenvalue weighted by molar-refractivity contribution is -0.163. The first kappa shape index (κ1) is 33.0. The van der Waals surface area contributed by atoms with Crippen molar-refractivity contribution in [2.75, 3.05) is 0 Å². The Kier molecular flexibility index (Phi) is 11.3. The van der Waals surface area contributed by atoms with Crippen molar-refractivity contribution in [3.63, 3.8) is 0 Å². The van der Waals surface area contributed by atoms with Gasteiger partial charge in [-0.15, -0.1) is 0 Å². The van der Waals surface area contributed by atoms with Gasteiger partial charge in [-0.1, -0.05) is 32.6 Å². The van der Waals surface area contributed by atoms with Crippen molar-refractivity contribution in [3.8, 4) is 0 Å². The summed E-state index contributed by atoms with van der Waals surface area (Å²) in [5.74, 6) is -0.431. The van der Waals surface area contributed by atoms with Gasteiger partial charge in [-0.3, -0.25) is 9.59 Å². The Bertz CT molecular complexity index is 758. The Morgan fingerprint density at radius 2 is 1.11 bits per heavy atom. The standard InChI is InChI=1S/C30H54N2O6/c1-10-22(26(34)38-24-20-29(6,7)32(36)30(8,9)21-24)16-14-12-11-13-15-17-25(33)37-23-18-27(2,3)31(35)28(4,5)19-23/h22-24H,10-21H2,1-9H3/q-2. The number of rotatable bonds is 12. The fourth-order valence-electron chi connectivity index (χ4n) is 6.69. The summed E-state index contributed by atoms with van der Waals surface area (Å²) in [6.07, 6.45) is 8.43. The van der Waals surface area contributed by atoms with Crippen LogP contribution in [-0.4, -0.2) is 56.4 Å². The molecule has 0 aliphatic carbocycles. The zero-order chi connectivity index (χ0) is 28.9. The summed E-state index contributed by atoms with van der Waals surface area (Å²) in [7, 11) is 0. The molecule has 222 valence electrons. The summed E-state index contributed by atoms with van der Waals surface area (Å²) >= 11 is 0. The number of hydrogen-bond donors (Lipinski definition) is 0. The van der Waals surface area contributed by atoms with Crippen LogP contribution in [0.3, 0.4) is 0 Å². The lowest BCUT2D eigenvalue weighted by Crippen LogP contribution is -2.59. The first-order chi connectivity index (χ1) is 17.4. The van der Waals surface area contributed by atoms with Gasteiger partial charge < -0.3 is 30.0 Å². The topological polar surface area (TPSA) is 105 Å². The van der Waals surface area contributed by atoms with Gasteiger partial charge in [0.2, 0.25) is 0 Å². The molecule has 0 radical (unpaired) electrons. The number of ether oxygens (including phenoxy) is 2. The van der Waals surface area contributed by atoms with Crippen molar-refractivity contribution in [3.05, 3.63) is 10.4 Å². The van der Waals surface area contributed by atoms with Gasteiger partial charge in [0.1, 0.15) is 12.2 Å². The van der Waals surface area contributed by atoms with E-state index in [2.05, 4.69) is 0 Å². The van der Waals surface area contributed by atoms with Gasteiger partial charge in [0, 0.05) is 54.3 Å². The number of hydroxylamine groups is 4. The maximum Gasteiger partial charge on any atom is 0.309 e.